The molecule has 1 heterocycles. The van der Waals surface area contributed by atoms with Crippen molar-refractivity contribution in [3.63, 3.8) is 0 Å². The Balaban J connectivity index is 2.15. The molecule has 0 radical (unpaired) electrons. The number of hydrogen-bond acceptors (Lipinski definition) is 4. The van der Waals surface area contributed by atoms with Crippen molar-refractivity contribution in [1.82, 2.24) is 9.78 Å². The third-order valence-electron chi connectivity index (χ3n) is 2.93. The Kier molecular flexibility index (Phi) is 4.59. The number of ketones is 1. The van der Waals surface area contributed by atoms with Crippen molar-refractivity contribution in [1.29, 1.82) is 0 Å². The van der Waals surface area contributed by atoms with E-state index in [1.165, 1.54) is 41.0 Å². The van der Waals surface area contributed by atoms with Gasteiger partial charge < -0.3 is 9.90 Å². The minimum atomic E-state index is -1.23. The molecule has 0 aliphatic rings. The lowest BCUT2D eigenvalue weighted by Crippen LogP contribution is -2.46. The lowest BCUT2D eigenvalue weighted by atomic mass is 10.1. The monoisotopic (exact) mass is 327 g/mol. The summed E-state index contributed by atoms with van der Waals surface area (Å²) in [6.07, 6.45) is 2.74. The van der Waals surface area contributed by atoms with E-state index in [1.54, 1.807) is 6.07 Å². The van der Waals surface area contributed by atoms with Crippen molar-refractivity contribution >= 4 is 35.0 Å². The Morgan fingerprint density at radius 3 is 2.76 bits per heavy atom. The number of carboxylic acid groups (broad SMARTS) is 1. The summed E-state index contributed by atoms with van der Waals surface area (Å²) in [4.78, 5) is 22.9. The van der Waals surface area contributed by atoms with Gasteiger partial charge in [0, 0.05) is 15.7 Å². The highest BCUT2D eigenvalue weighted by molar-refractivity contribution is 6.36. The van der Waals surface area contributed by atoms with E-state index in [4.69, 9.17) is 23.2 Å². The van der Waals surface area contributed by atoms with Gasteiger partial charge in [0.2, 0.25) is 12.1 Å². The van der Waals surface area contributed by atoms with E-state index >= 15 is 0 Å². The first kappa shape index (κ1) is 15.5. The predicted molar refractivity (Wildman–Crippen MR) is 72.9 cm³/mol. The fourth-order valence-corrected chi connectivity index (χ4v) is 2.20. The second-order valence-electron chi connectivity index (χ2n) is 4.43. The molecule has 1 atom stereocenters. The molecule has 0 unspecified atom stereocenters. The molecule has 0 fully saturated rings. The predicted octanol–water partition coefficient (Wildman–Crippen LogP) is 0.671. The molecule has 0 aliphatic carbocycles. The lowest BCUT2D eigenvalue weighted by Gasteiger charge is -2.07. The Hall–Kier alpha value is -1.92. The molecule has 1 aromatic heterocycles. The summed E-state index contributed by atoms with van der Waals surface area (Å²) in [6.45, 7) is 1.40. The molecular formula is C13H11Cl2N3O3. The topological polar surface area (TPSA) is 78.9 Å². The van der Waals surface area contributed by atoms with Crippen LogP contribution in [0.1, 0.15) is 23.3 Å². The zero-order chi connectivity index (χ0) is 15.6. The summed E-state index contributed by atoms with van der Waals surface area (Å²) < 4.78 is 2.67. The van der Waals surface area contributed by atoms with Crippen LogP contribution in [0.3, 0.4) is 0 Å². The number of carbonyl (C=O) groups excluding carboxylic acids is 2. The van der Waals surface area contributed by atoms with Crippen LogP contribution < -0.4 is 9.67 Å². The molecule has 0 aliphatic heterocycles. The van der Waals surface area contributed by atoms with Gasteiger partial charge in [-0.2, -0.15) is 0 Å². The highest BCUT2D eigenvalue weighted by atomic mass is 35.5. The van der Waals surface area contributed by atoms with Gasteiger partial charge in [0.15, 0.2) is 6.54 Å². The molecule has 0 saturated carbocycles. The van der Waals surface area contributed by atoms with Gasteiger partial charge >= 0.3 is 0 Å². The average Bonchev–Trinajstić information content (AvgIpc) is 2.85. The number of Topliss-reactive ketones (excluding diaryl/α,β-unsaturated/α-hetero) is 1. The summed E-state index contributed by atoms with van der Waals surface area (Å²) in [5.41, 5.74) is 0.330. The highest BCUT2D eigenvalue weighted by Gasteiger charge is 2.18. The zero-order valence-electron chi connectivity index (χ0n) is 11.0. The van der Waals surface area contributed by atoms with Crippen LogP contribution in [-0.2, 0) is 11.3 Å². The fraction of sp³-hybridized carbons (Fsp3) is 0.231. The van der Waals surface area contributed by atoms with Crippen molar-refractivity contribution in [3.8, 4) is 0 Å². The van der Waals surface area contributed by atoms with E-state index in [9.17, 15) is 14.7 Å². The number of carbonyl (C=O) groups is 2. The van der Waals surface area contributed by atoms with Crippen molar-refractivity contribution in [2.45, 2.75) is 19.5 Å². The standard InChI is InChI=1S/C13H11Cl2N3O3/c1-8(13(20)21)17-6-16-18(7-17)5-12(19)10-3-2-9(14)4-11(10)15/h2-4,6-8H,5H2,1H3/t8-/m0/s1. The average molecular weight is 328 g/mol. The van der Waals surface area contributed by atoms with Crippen LogP contribution in [0.5, 0.6) is 0 Å². The summed E-state index contributed by atoms with van der Waals surface area (Å²) in [6, 6.07) is 3.72. The van der Waals surface area contributed by atoms with E-state index in [2.05, 4.69) is 5.10 Å². The maximum absolute atomic E-state index is 12.1. The van der Waals surface area contributed by atoms with Crippen molar-refractivity contribution < 1.29 is 19.3 Å². The maximum Gasteiger partial charge on any atom is 0.265 e. The van der Waals surface area contributed by atoms with Crippen LogP contribution in [0, 0.1) is 0 Å². The highest BCUT2D eigenvalue weighted by Crippen LogP contribution is 2.21. The number of halogens is 2. The minimum absolute atomic E-state index is 0.0614. The number of carboxylic acids is 1. The second kappa shape index (κ2) is 6.24. The summed E-state index contributed by atoms with van der Waals surface area (Å²) in [7, 11) is 0. The molecule has 2 aromatic rings. The minimum Gasteiger partial charge on any atom is -0.546 e. The van der Waals surface area contributed by atoms with E-state index < -0.39 is 12.0 Å². The molecule has 0 N–H and O–H groups in total. The molecule has 6 nitrogen and oxygen atoms in total. The maximum atomic E-state index is 12.1. The molecule has 21 heavy (non-hydrogen) atoms. The number of nitrogens with zero attached hydrogens (tertiary/aromatic N) is 3. The lowest BCUT2D eigenvalue weighted by molar-refractivity contribution is -0.713. The molecule has 1 aromatic carbocycles. The number of aliphatic carboxylic acids is 1. The van der Waals surface area contributed by atoms with Gasteiger partial charge in [-0.05, 0) is 25.1 Å². The van der Waals surface area contributed by atoms with Crippen molar-refractivity contribution in [2.75, 3.05) is 0 Å². The normalized spacial score (nSPS) is 12.1. The quantitative estimate of drug-likeness (QED) is 0.597. The Bertz CT molecular complexity index is 700. The molecule has 2 rings (SSSR count). The van der Waals surface area contributed by atoms with E-state index in [0.29, 0.717) is 10.6 Å². The smallest absolute Gasteiger partial charge is 0.265 e. The second-order valence-corrected chi connectivity index (χ2v) is 5.28. The third-order valence-corrected chi connectivity index (χ3v) is 3.47. The van der Waals surface area contributed by atoms with Gasteiger partial charge in [0.25, 0.3) is 6.33 Å². The SMILES string of the molecule is C[C@@H](C(=O)[O-])[n+]1cnn(CC(=O)c2ccc(Cl)cc2Cl)c1. The molecule has 8 heteroatoms. The van der Waals surface area contributed by atoms with Crippen molar-refractivity contribution in [3.05, 3.63) is 46.5 Å². The largest absolute Gasteiger partial charge is 0.546 e. The van der Waals surface area contributed by atoms with Gasteiger partial charge in [0.1, 0.15) is 6.04 Å². The van der Waals surface area contributed by atoms with Gasteiger partial charge in [0.05, 0.1) is 11.0 Å². The van der Waals surface area contributed by atoms with Gasteiger partial charge in [-0.1, -0.05) is 23.2 Å². The van der Waals surface area contributed by atoms with Crippen LogP contribution in [0.2, 0.25) is 10.0 Å². The van der Waals surface area contributed by atoms with Crippen molar-refractivity contribution in [2.24, 2.45) is 0 Å². The zero-order valence-corrected chi connectivity index (χ0v) is 12.5. The van der Waals surface area contributed by atoms with Crippen LogP contribution in [-0.4, -0.2) is 21.5 Å². The molecule has 110 valence electrons. The Morgan fingerprint density at radius 2 is 2.14 bits per heavy atom. The van der Waals surface area contributed by atoms with E-state index in [0.717, 1.165) is 0 Å². The summed E-state index contributed by atoms with van der Waals surface area (Å²) in [5.74, 6) is -1.49. The van der Waals surface area contributed by atoms with Gasteiger partial charge in [-0.25, -0.2) is 4.57 Å². The van der Waals surface area contributed by atoms with Gasteiger partial charge in [-0.3, -0.25) is 4.79 Å². The molecule has 0 spiro atoms. The first-order valence-corrected chi connectivity index (χ1v) is 6.76. The Morgan fingerprint density at radius 1 is 1.43 bits per heavy atom. The number of aromatic nitrogens is 3. The molecule has 0 amide bonds. The number of rotatable bonds is 5. The fourth-order valence-electron chi connectivity index (χ4n) is 1.69. The van der Waals surface area contributed by atoms with E-state index in [-0.39, 0.29) is 17.4 Å². The van der Waals surface area contributed by atoms with Crippen LogP contribution in [0.15, 0.2) is 30.9 Å². The first-order valence-electron chi connectivity index (χ1n) is 6.01. The van der Waals surface area contributed by atoms with E-state index in [1.807, 2.05) is 0 Å². The van der Waals surface area contributed by atoms with Gasteiger partial charge in [-0.15, -0.1) is 4.68 Å². The summed E-state index contributed by atoms with van der Waals surface area (Å²) in [5, 5.41) is 15.4. The molecule has 0 saturated heterocycles. The van der Waals surface area contributed by atoms with Crippen LogP contribution in [0.4, 0.5) is 0 Å². The number of hydrogen-bond donors (Lipinski definition) is 0. The van der Waals surface area contributed by atoms with Crippen LogP contribution >= 0.6 is 23.2 Å². The number of benzene rings is 1. The summed E-state index contributed by atoms with van der Waals surface area (Å²) >= 11 is 11.7. The Labute approximate surface area is 130 Å². The molecule has 0 bridgehead atoms. The first-order chi connectivity index (χ1) is 9.88. The third kappa shape index (κ3) is 3.59. The molecular weight excluding hydrogens is 317 g/mol. The van der Waals surface area contributed by atoms with Crippen LogP contribution in [0.25, 0.3) is 0 Å².